The molecule has 0 aromatic heterocycles. The Morgan fingerprint density at radius 3 is 2.60 bits per heavy atom. The first-order chi connectivity index (χ1) is 9.47. The fraction of sp³-hybridized carbons (Fsp3) is 0.857. The van der Waals surface area contributed by atoms with Gasteiger partial charge in [0.05, 0.1) is 6.42 Å². The van der Waals surface area contributed by atoms with Crippen molar-refractivity contribution in [3.05, 3.63) is 0 Å². The molecule has 2 aliphatic rings. The van der Waals surface area contributed by atoms with E-state index < -0.39 is 5.97 Å². The molecular formula is C14H25N3O3. The van der Waals surface area contributed by atoms with Crippen molar-refractivity contribution in [3.8, 4) is 0 Å². The second-order valence-corrected chi connectivity index (χ2v) is 6.24. The van der Waals surface area contributed by atoms with Crippen molar-refractivity contribution in [1.82, 2.24) is 15.1 Å². The maximum Gasteiger partial charge on any atom is 0.317 e. The van der Waals surface area contributed by atoms with Crippen LogP contribution in [0, 0.1) is 5.92 Å². The summed E-state index contributed by atoms with van der Waals surface area (Å²) in [6.45, 7) is 1.63. The molecule has 6 heteroatoms. The number of nitrogens with zero attached hydrogens (tertiary/aromatic N) is 2. The van der Waals surface area contributed by atoms with Crippen LogP contribution in [0.15, 0.2) is 0 Å². The van der Waals surface area contributed by atoms with Crippen LogP contribution in [0.2, 0.25) is 0 Å². The van der Waals surface area contributed by atoms with E-state index in [9.17, 15) is 9.59 Å². The van der Waals surface area contributed by atoms with Crippen LogP contribution >= 0.6 is 0 Å². The Labute approximate surface area is 120 Å². The van der Waals surface area contributed by atoms with Crippen LogP contribution in [0.3, 0.4) is 0 Å². The molecule has 20 heavy (non-hydrogen) atoms. The first kappa shape index (κ1) is 15.1. The highest BCUT2D eigenvalue weighted by atomic mass is 16.4. The monoisotopic (exact) mass is 283 g/mol. The zero-order valence-electron chi connectivity index (χ0n) is 12.3. The average Bonchev–Trinajstić information content (AvgIpc) is 3.08. The molecule has 1 aliphatic heterocycles. The summed E-state index contributed by atoms with van der Waals surface area (Å²) in [5, 5.41) is 11.9. The zero-order valence-corrected chi connectivity index (χ0v) is 12.3. The Kier molecular flexibility index (Phi) is 4.86. The molecule has 2 amide bonds. The minimum Gasteiger partial charge on any atom is -0.481 e. The van der Waals surface area contributed by atoms with Crippen LogP contribution in [0.5, 0.6) is 0 Å². The number of carboxylic acids is 1. The molecule has 2 rings (SSSR count). The molecule has 0 radical (unpaired) electrons. The molecule has 6 nitrogen and oxygen atoms in total. The molecule has 114 valence electrons. The number of hydrogen-bond donors (Lipinski definition) is 2. The van der Waals surface area contributed by atoms with E-state index >= 15 is 0 Å². The molecule has 2 fully saturated rings. The number of aliphatic carboxylic acids is 1. The smallest absolute Gasteiger partial charge is 0.317 e. The molecule has 0 bridgehead atoms. The number of likely N-dealkylation sites (N-methyl/N-ethyl adjacent to an activating group) is 1. The summed E-state index contributed by atoms with van der Waals surface area (Å²) in [5.74, 6) is -0.488. The van der Waals surface area contributed by atoms with Gasteiger partial charge in [-0.15, -0.1) is 0 Å². The minimum absolute atomic E-state index is 0.0304. The van der Waals surface area contributed by atoms with E-state index in [1.807, 2.05) is 19.0 Å². The number of carboxylic acid groups (broad SMARTS) is 1. The molecule has 2 N–H and O–H groups in total. The number of amides is 2. The highest BCUT2D eigenvalue weighted by molar-refractivity contribution is 5.76. The summed E-state index contributed by atoms with van der Waals surface area (Å²) in [6, 6.07) is -0.0530. The van der Waals surface area contributed by atoms with Gasteiger partial charge in [-0.05, 0) is 45.7 Å². The van der Waals surface area contributed by atoms with Gasteiger partial charge in [0.15, 0.2) is 0 Å². The summed E-state index contributed by atoms with van der Waals surface area (Å²) >= 11 is 0. The van der Waals surface area contributed by atoms with Gasteiger partial charge in [0.2, 0.25) is 0 Å². The van der Waals surface area contributed by atoms with Crippen molar-refractivity contribution < 1.29 is 14.7 Å². The van der Waals surface area contributed by atoms with Crippen LogP contribution < -0.4 is 5.32 Å². The largest absolute Gasteiger partial charge is 0.481 e. The van der Waals surface area contributed by atoms with E-state index in [4.69, 9.17) is 5.11 Å². The second-order valence-electron chi connectivity index (χ2n) is 6.24. The average molecular weight is 283 g/mol. The minimum atomic E-state index is -0.839. The lowest BCUT2D eigenvalue weighted by Crippen LogP contribution is -2.50. The Morgan fingerprint density at radius 2 is 2.05 bits per heavy atom. The summed E-state index contributed by atoms with van der Waals surface area (Å²) in [5.41, 5.74) is 0. The van der Waals surface area contributed by atoms with Gasteiger partial charge in [-0.1, -0.05) is 0 Å². The molecule has 1 saturated heterocycles. The van der Waals surface area contributed by atoms with Gasteiger partial charge in [-0.3, -0.25) is 4.79 Å². The third-order valence-corrected chi connectivity index (χ3v) is 4.11. The predicted molar refractivity (Wildman–Crippen MR) is 75.6 cm³/mol. The van der Waals surface area contributed by atoms with Gasteiger partial charge >= 0.3 is 12.0 Å². The van der Waals surface area contributed by atoms with E-state index in [0.29, 0.717) is 5.92 Å². The molecule has 1 saturated carbocycles. The van der Waals surface area contributed by atoms with Crippen molar-refractivity contribution in [1.29, 1.82) is 0 Å². The SMILES string of the molecule is CN(C)CC1CCCN1C(=O)NC(CC(=O)O)C1CC1. The molecular weight excluding hydrogens is 258 g/mol. The van der Waals surface area contributed by atoms with Crippen molar-refractivity contribution in [2.45, 2.75) is 44.2 Å². The molecule has 2 unspecified atom stereocenters. The van der Waals surface area contributed by atoms with E-state index in [2.05, 4.69) is 10.2 Å². The summed E-state index contributed by atoms with van der Waals surface area (Å²) in [6.07, 6.45) is 4.14. The van der Waals surface area contributed by atoms with E-state index in [-0.39, 0.29) is 24.5 Å². The molecule has 1 heterocycles. The number of carbonyl (C=O) groups is 2. The molecule has 0 spiro atoms. The van der Waals surface area contributed by atoms with Gasteiger partial charge < -0.3 is 20.2 Å². The summed E-state index contributed by atoms with van der Waals surface area (Å²) < 4.78 is 0. The van der Waals surface area contributed by atoms with Crippen molar-refractivity contribution in [2.24, 2.45) is 5.92 Å². The first-order valence-electron chi connectivity index (χ1n) is 7.41. The van der Waals surface area contributed by atoms with Crippen LogP contribution in [0.4, 0.5) is 4.79 Å². The van der Waals surface area contributed by atoms with Crippen LogP contribution in [0.25, 0.3) is 0 Å². The normalized spacial score (nSPS) is 23.9. The maximum absolute atomic E-state index is 12.4. The number of urea groups is 1. The Hall–Kier alpha value is -1.30. The van der Waals surface area contributed by atoms with E-state index in [1.54, 1.807) is 0 Å². The lowest BCUT2D eigenvalue weighted by atomic mass is 10.1. The van der Waals surface area contributed by atoms with Crippen molar-refractivity contribution in [2.75, 3.05) is 27.2 Å². The number of rotatable bonds is 6. The molecule has 0 aromatic carbocycles. The Balaban J connectivity index is 1.90. The Bertz CT molecular complexity index is 369. The topological polar surface area (TPSA) is 72.9 Å². The standard InChI is InChI=1S/C14H25N3O3/c1-16(2)9-11-4-3-7-17(11)14(20)15-12(8-13(18)19)10-5-6-10/h10-12H,3-9H2,1-2H3,(H,15,20)(H,18,19). The summed E-state index contributed by atoms with van der Waals surface area (Å²) in [4.78, 5) is 27.2. The molecule has 2 atom stereocenters. The molecule has 1 aliphatic carbocycles. The van der Waals surface area contributed by atoms with Crippen molar-refractivity contribution >= 4 is 12.0 Å². The van der Waals surface area contributed by atoms with Gasteiger partial charge in [0, 0.05) is 25.2 Å². The highest BCUT2D eigenvalue weighted by Crippen LogP contribution is 2.34. The van der Waals surface area contributed by atoms with Crippen LogP contribution in [0.1, 0.15) is 32.1 Å². The summed E-state index contributed by atoms with van der Waals surface area (Å²) in [7, 11) is 4.01. The van der Waals surface area contributed by atoms with Crippen LogP contribution in [-0.2, 0) is 4.79 Å². The van der Waals surface area contributed by atoms with E-state index in [0.717, 1.165) is 38.8 Å². The van der Waals surface area contributed by atoms with Gasteiger partial charge in [0.25, 0.3) is 0 Å². The van der Waals surface area contributed by atoms with Crippen molar-refractivity contribution in [3.63, 3.8) is 0 Å². The lowest BCUT2D eigenvalue weighted by Gasteiger charge is -2.29. The van der Waals surface area contributed by atoms with E-state index in [1.165, 1.54) is 0 Å². The quantitative estimate of drug-likeness (QED) is 0.762. The predicted octanol–water partition coefficient (Wildman–Crippen LogP) is 0.975. The fourth-order valence-corrected chi connectivity index (χ4v) is 2.98. The zero-order chi connectivity index (χ0) is 14.7. The number of hydrogen-bond acceptors (Lipinski definition) is 3. The first-order valence-corrected chi connectivity index (χ1v) is 7.41. The highest BCUT2D eigenvalue weighted by Gasteiger charge is 2.36. The third kappa shape index (κ3) is 4.10. The Morgan fingerprint density at radius 1 is 1.35 bits per heavy atom. The maximum atomic E-state index is 12.4. The van der Waals surface area contributed by atoms with Gasteiger partial charge in [-0.25, -0.2) is 4.79 Å². The molecule has 0 aromatic rings. The number of likely N-dealkylation sites (tertiary alicyclic amines) is 1. The number of nitrogens with one attached hydrogen (secondary N) is 1. The van der Waals surface area contributed by atoms with Gasteiger partial charge in [0.1, 0.15) is 0 Å². The van der Waals surface area contributed by atoms with Gasteiger partial charge in [-0.2, -0.15) is 0 Å². The lowest BCUT2D eigenvalue weighted by molar-refractivity contribution is -0.137. The number of carbonyl (C=O) groups excluding carboxylic acids is 1. The third-order valence-electron chi connectivity index (χ3n) is 4.11. The fourth-order valence-electron chi connectivity index (χ4n) is 2.98. The van der Waals surface area contributed by atoms with Crippen LogP contribution in [-0.4, -0.2) is 66.2 Å². The second kappa shape index (κ2) is 6.43.